The van der Waals surface area contributed by atoms with Gasteiger partial charge in [-0.15, -0.1) is 0 Å². The van der Waals surface area contributed by atoms with Crippen molar-refractivity contribution in [3.05, 3.63) is 0 Å². The summed E-state index contributed by atoms with van der Waals surface area (Å²) in [5.41, 5.74) is 0. The maximum absolute atomic E-state index is 10.8. The van der Waals surface area contributed by atoms with Gasteiger partial charge in [0, 0.05) is 32.6 Å². The number of hydrogen-bond donors (Lipinski definition) is 0. The Morgan fingerprint density at radius 3 is 1.73 bits per heavy atom. The largest absolute Gasteiger partial charge is 0.301 e. The average Bonchev–Trinajstić information content (AvgIpc) is 2.55. The van der Waals surface area contributed by atoms with Gasteiger partial charge < -0.3 is 14.6 Å². The van der Waals surface area contributed by atoms with Crippen molar-refractivity contribution in [1.29, 1.82) is 0 Å². The first-order valence-electron chi connectivity index (χ1n) is 9.66. The minimum atomic E-state index is 0.341. The highest BCUT2D eigenvalue weighted by atomic mass is 16.1. The molecule has 0 bridgehead atoms. The summed E-state index contributed by atoms with van der Waals surface area (Å²) >= 11 is 0. The van der Waals surface area contributed by atoms with Gasteiger partial charge >= 0.3 is 0 Å². The Hall–Kier alpha value is -0.410. The normalized spacial score (nSPS) is 16.2. The van der Waals surface area contributed by atoms with Crippen LogP contribution in [-0.2, 0) is 4.79 Å². The first-order valence-corrected chi connectivity index (χ1v) is 9.66. The van der Waals surface area contributed by atoms with E-state index in [2.05, 4.69) is 16.7 Å². The molecule has 3 nitrogen and oxygen atoms in total. The number of ketones is 1. The topological polar surface area (TPSA) is 23.6 Å². The van der Waals surface area contributed by atoms with Gasteiger partial charge in [0.1, 0.15) is 5.78 Å². The standard InChI is InChI=1S/C17H34N2O.C2H6/c1-3-18-13-15-19(16-14-18)12-10-8-6-4-5-7-9-11-17(2)20;1-2/h3-16H2,1-2H3;1-2H3. The Kier molecular flexibility index (Phi) is 15.2. The molecule has 132 valence electrons. The van der Waals surface area contributed by atoms with Crippen molar-refractivity contribution < 1.29 is 4.79 Å². The Morgan fingerprint density at radius 2 is 1.23 bits per heavy atom. The molecule has 1 aliphatic heterocycles. The van der Waals surface area contributed by atoms with Gasteiger partial charge in [0.05, 0.1) is 0 Å². The van der Waals surface area contributed by atoms with Crippen molar-refractivity contribution in [2.24, 2.45) is 0 Å². The molecule has 0 aromatic rings. The monoisotopic (exact) mass is 312 g/mol. The lowest BCUT2D eigenvalue weighted by Crippen LogP contribution is -2.46. The first-order chi connectivity index (χ1) is 10.7. The molecular weight excluding hydrogens is 272 g/mol. The van der Waals surface area contributed by atoms with Crippen molar-refractivity contribution in [1.82, 2.24) is 9.80 Å². The van der Waals surface area contributed by atoms with Gasteiger partial charge in [-0.2, -0.15) is 0 Å². The smallest absolute Gasteiger partial charge is 0.129 e. The zero-order valence-corrected chi connectivity index (χ0v) is 15.7. The summed E-state index contributed by atoms with van der Waals surface area (Å²) in [6.07, 6.45) is 9.87. The number of piperazine rings is 1. The summed E-state index contributed by atoms with van der Waals surface area (Å²) in [4.78, 5) is 16.0. The van der Waals surface area contributed by atoms with Gasteiger partial charge in [-0.05, 0) is 32.9 Å². The molecule has 0 aliphatic carbocycles. The Bertz CT molecular complexity index is 248. The Morgan fingerprint density at radius 1 is 0.773 bits per heavy atom. The molecule has 22 heavy (non-hydrogen) atoms. The van der Waals surface area contributed by atoms with Crippen molar-refractivity contribution in [2.45, 2.75) is 79.1 Å². The quantitative estimate of drug-likeness (QED) is 0.530. The lowest BCUT2D eigenvalue weighted by atomic mass is 10.1. The lowest BCUT2D eigenvalue weighted by molar-refractivity contribution is -0.117. The van der Waals surface area contributed by atoms with Gasteiger partial charge in [0.25, 0.3) is 0 Å². The molecule has 1 aliphatic rings. The van der Waals surface area contributed by atoms with Crippen LogP contribution < -0.4 is 0 Å². The summed E-state index contributed by atoms with van der Waals surface area (Å²) in [6.45, 7) is 15.5. The second-order valence-corrected chi connectivity index (χ2v) is 6.20. The van der Waals surface area contributed by atoms with Crippen LogP contribution in [0.2, 0.25) is 0 Å². The van der Waals surface area contributed by atoms with E-state index in [9.17, 15) is 4.79 Å². The second kappa shape index (κ2) is 15.5. The van der Waals surface area contributed by atoms with E-state index in [-0.39, 0.29) is 0 Å². The summed E-state index contributed by atoms with van der Waals surface area (Å²) in [5, 5.41) is 0. The van der Waals surface area contributed by atoms with Gasteiger partial charge in [-0.1, -0.05) is 52.9 Å². The van der Waals surface area contributed by atoms with Crippen LogP contribution in [0.1, 0.15) is 79.1 Å². The predicted octanol–water partition coefficient (Wildman–Crippen LogP) is 4.36. The number of carbonyl (C=O) groups is 1. The molecule has 0 aromatic carbocycles. The van der Waals surface area contributed by atoms with E-state index >= 15 is 0 Å². The molecule has 1 rings (SSSR count). The third-order valence-corrected chi connectivity index (χ3v) is 4.42. The van der Waals surface area contributed by atoms with E-state index in [4.69, 9.17) is 0 Å². The third kappa shape index (κ3) is 12.2. The molecule has 1 saturated heterocycles. The Labute approximate surface area is 139 Å². The molecule has 0 spiro atoms. The van der Waals surface area contributed by atoms with E-state index in [0.717, 1.165) is 12.8 Å². The molecule has 0 aromatic heterocycles. The van der Waals surface area contributed by atoms with Crippen LogP contribution in [0.5, 0.6) is 0 Å². The number of rotatable bonds is 11. The number of hydrogen-bond acceptors (Lipinski definition) is 3. The third-order valence-electron chi connectivity index (χ3n) is 4.42. The number of unbranched alkanes of at least 4 members (excludes halogenated alkanes) is 6. The van der Waals surface area contributed by atoms with Crippen LogP contribution in [0.15, 0.2) is 0 Å². The van der Waals surface area contributed by atoms with Crippen LogP contribution in [-0.4, -0.2) is 54.9 Å². The molecule has 1 heterocycles. The highest BCUT2D eigenvalue weighted by Crippen LogP contribution is 2.10. The van der Waals surface area contributed by atoms with Gasteiger partial charge in [0.2, 0.25) is 0 Å². The maximum atomic E-state index is 10.8. The number of nitrogens with zero attached hydrogens (tertiary/aromatic N) is 2. The maximum Gasteiger partial charge on any atom is 0.129 e. The molecule has 0 amide bonds. The molecule has 0 unspecified atom stereocenters. The highest BCUT2D eigenvalue weighted by Gasteiger charge is 2.14. The fourth-order valence-corrected chi connectivity index (χ4v) is 2.92. The Balaban J connectivity index is 0.00000211. The molecule has 1 fully saturated rings. The van der Waals surface area contributed by atoms with Crippen LogP contribution in [0.4, 0.5) is 0 Å². The molecule has 0 radical (unpaired) electrons. The van der Waals surface area contributed by atoms with E-state index in [1.807, 2.05) is 13.8 Å². The first kappa shape index (κ1) is 21.6. The lowest BCUT2D eigenvalue weighted by Gasteiger charge is -2.33. The van der Waals surface area contributed by atoms with Crippen molar-refractivity contribution in [2.75, 3.05) is 39.3 Å². The van der Waals surface area contributed by atoms with Crippen LogP contribution in [0, 0.1) is 0 Å². The summed E-state index contributed by atoms with van der Waals surface area (Å²) < 4.78 is 0. The number of likely N-dealkylation sites (N-methyl/N-ethyl adjacent to an activating group) is 1. The van der Waals surface area contributed by atoms with E-state index < -0.39 is 0 Å². The van der Waals surface area contributed by atoms with Crippen LogP contribution in [0.25, 0.3) is 0 Å². The fraction of sp³-hybridized carbons (Fsp3) is 0.947. The van der Waals surface area contributed by atoms with Crippen molar-refractivity contribution in [3.63, 3.8) is 0 Å². The minimum Gasteiger partial charge on any atom is -0.301 e. The molecular formula is C19H40N2O. The molecule has 3 heteroatoms. The predicted molar refractivity (Wildman–Crippen MR) is 97.5 cm³/mol. The van der Waals surface area contributed by atoms with Crippen LogP contribution >= 0.6 is 0 Å². The van der Waals surface area contributed by atoms with Gasteiger partial charge in [-0.3, -0.25) is 0 Å². The summed E-state index contributed by atoms with van der Waals surface area (Å²) in [5.74, 6) is 0.341. The summed E-state index contributed by atoms with van der Waals surface area (Å²) in [6, 6.07) is 0. The van der Waals surface area contributed by atoms with E-state index in [1.165, 1.54) is 77.8 Å². The number of Topliss-reactive ketones (excluding diaryl/α,β-unsaturated/α-hetero) is 1. The molecule has 0 atom stereocenters. The average molecular weight is 313 g/mol. The van der Waals surface area contributed by atoms with E-state index in [1.54, 1.807) is 6.92 Å². The minimum absolute atomic E-state index is 0.341. The van der Waals surface area contributed by atoms with Crippen molar-refractivity contribution in [3.8, 4) is 0 Å². The molecule has 0 saturated carbocycles. The summed E-state index contributed by atoms with van der Waals surface area (Å²) in [7, 11) is 0. The SMILES string of the molecule is CC.CCN1CCN(CCCCCCCCCC(C)=O)CC1. The van der Waals surface area contributed by atoms with Gasteiger partial charge in [0.15, 0.2) is 0 Å². The van der Waals surface area contributed by atoms with E-state index in [0.29, 0.717) is 5.78 Å². The zero-order valence-electron chi connectivity index (χ0n) is 15.7. The molecule has 0 N–H and O–H groups in total. The zero-order chi connectivity index (χ0) is 16.6. The van der Waals surface area contributed by atoms with Gasteiger partial charge in [-0.25, -0.2) is 0 Å². The van der Waals surface area contributed by atoms with Crippen LogP contribution in [0.3, 0.4) is 0 Å². The second-order valence-electron chi connectivity index (χ2n) is 6.20. The van der Waals surface area contributed by atoms with Crippen molar-refractivity contribution >= 4 is 5.78 Å². The fourth-order valence-electron chi connectivity index (χ4n) is 2.92. The highest BCUT2D eigenvalue weighted by molar-refractivity contribution is 5.75. The number of carbonyl (C=O) groups excluding carboxylic acids is 1.